The van der Waals surface area contributed by atoms with Gasteiger partial charge in [-0.3, -0.25) is 5.01 Å². The summed E-state index contributed by atoms with van der Waals surface area (Å²) >= 11 is 0. The van der Waals surface area contributed by atoms with Crippen molar-refractivity contribution in [2.24, 2.45) is 17.8 Å². The normalized spacial score (nSPS) is 30.7. The molecule has 120 valence electrons. The number of nitrogens with one attached hydrogen (secondary N) is 2. The van der Waals surface area contributed by atoms with Gasteiger partial charge in [0.1, 0.15) is 6.17 Å². The van der Waals surface area contributed by atoms with Gasteiger partial charge in [0.25, 0.3) is 0 Å². The molecule has 3 aliphatic heterocycles. The predicted molar refractivity (Wildman–Crippen MR) is 87.5 cm³/mol. The topological polar surface area (TPSA) is 47.4 Å². The summed E-state index contributed by atoms with van der Waals surface area (Å²) in [6.07, 6.45) is 8.58. The second-order valence-corrected chi connectivity index (χ2v) is 7.20. The molecule has 0 aromatic rings. The van der Waals surface area contributed by atoms with E-state index in [1.54, 1.807) is 0 Å². The molecule has 1 fully saturated rings. The molecule has 22 heavy (non-hydrogen) atoms. The summed E-state index contributed by atoms with van der Waals surface area (Å²) in [6, 6.07) is 0.343. The van der Waals surface area contributed by atoms with Crippen molar-refractivity contribution in [1.29, 1.82) is 0 Å². The van der Waals surface area contributed by atoms with Gasteiger partial charge in [0.05, 0.1) is 0 Å². The number of piperidine rings is 1. The lowest BCUT2D eigenvalue weighted by Gasteiger charge is -2.46. The SMILES string of the molecule is CC(C)NN1C=C2C[N+](=O)CC(C(C)C)C2C2=CC=CNC21. The van der Waals surface area contributed by atoms with E-state index < -0.39 is 0 Å². The Morgan fingerprint density at radius 1 is 1.36 bits per heavy atom. The first-order valence-electron chi connectivity index (χ1n) is 8.27. The molecule has 0 aromatic carbocycles. The van der Waals surface area contributed by atoms with Crippen molar-refractivity contribution >= 4 is 0 Å². The second kappa shape index (κ2) is 5.88. The third kappa shape index (κ3) is 2.70. The van der Waals surface area contributed by atoms with Crippen molar-refractivity contribution in [3.63, 3.8) is 0 Å². The Labute approximate surface area is 132 Å². The molecule has 3 heterocycles. The fraction of sp³-hybridized carbons (Fsp3) is 0.647. The molecule has 0 amide bonds. The number of nitrogens with zero attached hydrogens (tertiary/aromatic N) is 2. The Morgan fingerprint density at radius 3 is 2.82 bits per heavy atom. The van der Waals surface area contributed by atoms with Crippen molar-refractivity contribution in [1.82, 2.24) is 15.8 Å². The average Bonchev–Trinajstić information content (AvgIpc) is 2.45. The number of rotatable bonds is 3. The highest BCUT2D eigenvalue weighted by Gasteiger charge is 2.46. The number of allylic oxidation sites excluding steroid dienone is 2. The van der Waals surface area contributed by atoms with Crippen LogP contribution in [0.25, 0.3) is 0 Å². The van der Waals surface area contributed by atoms with E-state index in [0.29, 0.717) is 36.9 Å². The monoisotopic (exact) mass is 303 g/mol. The first-order valence-corrected chi connectivity index (χ1v) is 8.27. The largest absolute Gasteiger partial charge is 0.367 e. The van der Waals surface area contributed by atoms with Gasteiger partial charge in [0.2, 0.25) is 6.54 Å². The summed E-state index contributed by atoms with van der Waals surface area (Å²) in [7, 11) is 0. The molecule has 2 N–H and O–H groups in total. The lowest BCUT2D eigenvalue weighted by molar-refractivity contribution is -0.559. The van der Waals surface area contributed by atoms with Crippen LogP contribution in [0.1, 0.15) is 27.7 Å². The van der Waals surface area contributed by atoms with E-state index in [2.05, 4.69) is 61.8 Å². The lowest BCUT2D eigenvalue weighted by atomic mass is 9.70. The van der Waals surface area contributed by atoms with E-state index in [1.807, 2.05) is 6.20 Å². The van der Waals surface area contributed by atoms with Crippen molar-refractivity contribution < 1.29 is 4.76 Å². The average molecular weight is 303 g/mol. The number of dihydropyridines is 1. The fourth-order valence-electron chi connectivity index (χ4n) is 3.83. The van der Waals surface area contributed by atoms with Gasteiger partial charge in [-0.1, -0.05) is 19.9 Å². The van der Waals surface area contributed by atoms with Gasteiger partial charge in [-0.15, -0.1) is 0 Å². The summed E-state index contributed by atoms with van der Waals surface area (Å²) in [5.41, 5.74) is 6.08. The zero-order chi connectivity index (χ0) is 15.9. The molecule has 3 rings (SSSR count). The van der Waals surface area contributed by atoms with E-state index in [0.717, 1.165) is 0 Å². The summed E-state index contributed by atoms with van der Waals surface area (Å²) in [5, 5.41) is 5.59. The number of hydrogen-bond acceptors (Lipinski definition) is 4. The molecule has 0 spiro atoms. The number of fused-ring (bicyclic) bond motifs is 3. The van der Waals surface area contributed by atoms with Crippen molar-refractivity contribution in [2.45, 2.75) is 39.9 Å². The standard InChI is InChI=1S/C17H27N4O/c1-11(2)15-10-20(22)8-13-9-21(19-12(3)4)17-14(16(13)15)6-5-7-18-17/h5-7,9,11-12,15-19H,8,10H2,1-4H3/q+1. The molecule has 5 heteroatoms. The highest BCUT2D eigenvalue weighted by molar-refractivity contribution is 5.36. The van der Waals surface area contributed by atoms with E-state index in [-0.39, 0.29) is 6.17 Å². The van der Waals surface area contributed by atoms with E-state index in [4.69, 9.17) is 0 Å². The van der Waals surface area contributed by atoms with Crippen LogP contribution in [0.4, 0.5) is 0 Å². The van der Waals surface area contributed by atoms with Crippen LogP contribution in [0, 0.1) is 22.7 Å². The molecular formula is C17H27N4O+. The number of hydrogen-bond donors (Lipinski definition) is 2. The highest BCUT2D eigenvalue weighted by atomic mass is 16.3. The Hall–Kier alpha value is -1.62. The van der Waals surface area contributed by atoms with Gasteiger partial charge in [0, 0.05) is 39.3 Å². The molecule has 0 aliphatic carbocycles. The molecule has 1 saturated heterocycles. The summed E-state index contributed by atoms with van der Waals surface area (Å²) in [6.45, 7) is 9.85. The van der Waals surface area contributed by atoms with Crippen molar-refractivity contribution in [3.8, 4) is 0 Å². The zero-order valence-corrected chi connectivity index (χ0v) is 13.9. The minimum Gasteiger partial charge on any atom is -0.367 e. The van der Waals surface area contributed by atoms with Gasteiger partial charge >= 0.3 is 0 Å². The van der Waals surface area contributed by atoms with Crippen LogP contribution < -0.4 is 10.7 Å². The molecule has 0 saturated carbocycles. The van der Waals surface area contributed by atoms with Crippen LogP contribution in [0.3, 0.4) is 0 Å². The quantitative estimate of drug-likeness (QED) is 0.784. The van der Waals surface area contributed by atoms with Gasteiger partial charge in [-0.05, 0) is 37.6 Å². The van der Waals surface area contributed by atoms with E-state index in [1.165, 1.54) is 15.9 Å². The van der Waals surface area contributed by atoms with Crippen LogP contribution in [0.2, 0.25) is 0 Å². The molecule has 5 nitrogen and oxygen atoms in total. The molecule has 0 radical (unpaired) electrons. The van der Waals surface area contributed by atoms with E-state index >= 15 is 0 Å². The van der Waals surface area contributed by atoms with Crippen LogP contribution in [0.15, 0.2) is 35.7 Å². The van der Waals surface area contributed by atoms with Crippen LogP contribution >= 0.6 is 0 Å². The third-order valence-electron chi connectivity index (χ3n) is 4.76. The summed E-state index contributed by atoms with van der Waals surface area (Å²) in [5.74, 6) is 1.24. The molecule has 3 atom stereocenters. The minimum absolute atomic E-state index is 0.139. The Kier molecular flexibility index (Phi) is 4.08. The van der Waals surface area contributed by atoms with Gasteiger partial charge < -0.3 is 5.32 Å². The van der Waals surface area contributed by atoms with Gasteiger partial charge in [-0.25, -0.2) is 5.43 Å². The zero-order valence-electron chi connectivity index (χ0n) is 13.9. The van der Waals surface area contributed by atoms with Crippen molar-refractivity contribution in [2.75, 3.05) is 13.1 Å². The Morgan fingerprint density at radius 2 is 2.14 bits per heavy atom. The Balaban J connectivity index is 2.01. The molecular weight excluding hydrogens is 276 g/mol. The second-order valence-electron chi connectivity index (χ2n) is 7.20. The Bertz CT molecular complexity index is 547. The summed E-state index contributed by atoms with van der Waals surface area (Å²) < 4.78 is 1.22. The first-order chi connectivity index (χ1) is 10.5. The van der Waals surface area contributed by atoms with E-state index in [9.17, 15) is 4.91 Å². The van der Waals surface area contributed by atoms with Crippen molar-refractivity contribution in [3.05, 3.63) is 40.6 Å². The van der Waals surface area contributed by atoms with Crippen LogP contribution in [-0.2, 0) is 0 Å². The first kappa shape index (κ1) is 15.3. The van der Waals surface area contributed by atoms with Gasteiger partial charge in [-0.2, -0.15) is 0 Å². The number of hydrazine groups is 1. The summed E-state index contributed by atoms with van der Waals surface area (Å²) in [4.78, 5) is 12.1. The number of nitroso groups, excluding NO2 is 1. The van der Waals surface area contributed by atoms with Crippen LogP contribution in [0.5, 0.6) is 0 Å². The maximum absolute atomic E-state index is 12.1. The van der Waals surface area contributed by atoms with Crippen LogP contribution in [-0.4, -0.2) is 35.1 Å². The highest BCUT2D eigenvalue weighted by Crippen LogP contribution is 2.42. The third-order valence-corrected chi connectivity index (χ3v) is 4.76. The molecule has 3 aliphatic rings. The fourth-order valence-corrected chi connectivity index (χ4v) is 3.83. The minimum atomic E-state index is 0.139. The lowest BCUT2D eigenvalue weighted by Crippen LogP contribution is -2.58. The molecule has 0 aromatic heterocycles. The molecule has 3 unspecified atom stereocenters. The molecule has 0 bridgehead atoms. The van der Waals surface area contributed by atoms with Gasteiger partial charge in [0.15, 0.2) is 6.54 Å². The predicted octanol–water partition coefficient (Wildman–Crippen LogP) is 2.15. The maximum atomic E-state index is 12.1. The maximum Gasteiger partial charge on any atom is 0.215 e. The smallest absolute Gasteiger partial charge is 0.215 e.